The van der Waals surface area contributed by atoms with Gasteiger partial charge in [0, 0.05) is 18.7 Å². The van der Waals surface area contributed by atoms with Crippen LogP contribution >= 0.6 is 0 Å². The Kier molecular flexibility index (Phi) is 4.50. The van der Waals surface area contributed by atoms with E-state index in [1.165, 1.54) is 10.9 Å². The van der Waals surface area contributed by atoms with E-state index in [1.807, 2.05) is 6.92 Å². The normalized spacial score (nSPS) is 10.1. The third-order valence-electron chi connectivity index (χ3n) is 1.96. The minimum Gasteiger partial charge on any atom is -0.480 e. The van der Waals surface area contributed by atoms with Crippen molar-refractivity contribution in [3.8, 4) is 0 Å². The fourth-order valence-corrected chi connectivity index (χ4v) is 1.20. The monoisotopic (exact) mass is 225 g/mol. The first-order valence-corrected chi connectivity index (χ1v) is 5.17. The molecule has 0 aliphatic rings. The van der Waals surface area contributed by atoms with E-state index in [2.05, 4.69) is 10.4 Å². The molecule has 6 nitrogen and oxygen atoms in total. The zero-order chi connectivity index (χ0) is 12.0. The summed E-state index contributed by atoms with van der Waals surface area (Å²) in [5.41, 5.74) is 0. The van der Waals surface area contributed by atoms with Crippen molar-refractivity contribution in [3.05, 3.63) is 12.3 Å². The number of rotatable bonds is 6. The standard InChI is InChI=1S/C10H15N3O3/c1-2-3-4-9(14)11-8-5-6-13(12-8)7-10(15)16/h5-6H,2-4,7H2,1H3,(H,15,16)(H,11,12,14). The molecule has 6 heteroatoms. The SMILES string of the molecule is CCCCC(=O)Nc1ccn(CC(=O)O)n1. The van der Waals surface area contributed by atoms with Crippen molar-refractivity contribution >= 4 is 17.7 Å². The molecular weight excluding hydrogens is 210 g/mol. The van der Waals surface area contributed by atoms with Crippen molar-refractivity contribution in [2.24, 2.45) is 0 Å². The fourth-order valence-electron chi connectivity index (χ4n) is 1.20. The van der Waals surface area contributed by atoms with Crippen LogP contribution in [-0.4, -0.2) is 26.8 Å². The lowest BCUT2D eigenvalue weighted by Crippen LogP contribution is -2.13. The Morgan fingerprint density at radius 2 is 2.31 bits per heavy atom. The maximum Gasteiger partial charge on any atom is 0.325 e. The Morgan fingerprint density at radius 3 is 2.94 bits per heavy atom. The first-order chi connectivity index (χ1) is 7.61. The first-order valence-electron chi connectivity index (χ1n) is 5.17. The molecule has 1 aromatic heterocycles. The molecule has 0 spiro atoms. The summed E-state index contributed by atoms with van der Waals surface area (Å²) in [4.78, 5) is 21.7. The highest BCUT2D eigenvalue weighted by atomic mass is 16.4. The van der Waals surface area contributed by atoms with Crippen LogP contribution in [0.25, 0.3) is 0 Å². The third-order valence-corrected chi connectivity index (χ3v) is 1.96. The van der Waals surface area contributed by atoms with E-state index >= 15 is 0 Å². The summed E-state index contributed by atoms with van der Waals surface area (Å²) >= 11 is 0. The van der Waals surface area contributed by atoms with Gasteiger partial charge >= 0.3 is 5.97 Å². The Bertz CT molecular complexity index is 373. The number of hydrogen-bond donors (Lipinski definition) is 2. The number of hydrogen-bond acceptors (Lipinski definition) is 3. The Balaban J connectivity index is 2.45. The molecule has 0 unspecified atom stereocenters. The molecule has 0 aromatic carbocycles. The lowest BCUT2D eigenvalue weighted by atomic mass is 10.2. The molecule has 0 bridgehead atoms. The summed E-state index contributed by atoms with van der Waals surface area (Å²) in [6.07, 6.45) is 3.77. The van der Waals surface area contributed by atoms with E-state index in [9.17, 15) is 9.59 Å². The molecule has 0 fully saturated rings. The van der Waals surface area contributed by atoms with Gasteiger partial charge in [0.1, 0.15) is 6.54 Å². The van der Waals surface area contributed by atoms with Gasteiger partial charge in [-0.1, -0.05) is 13.3 Å². The van der Waals surface area contributed by atoms with Crippen molar-refractivity contribution < 1.29 is 14.7 Å². The molecule has 16 heavy (non-hydrogen) atoms. The van der Waals surface area contributed by atoms with Crippen LogP contribution in [0.1, 0.15) is 26.2 Å². The fraction of sp³-hybridized carbons (Fsp3) is 0.500. The van der Waals surface area contributed by atoms with Crippen LogP contribution in [0.2, 0.25) is 0 Å². The highest BCUT2D eigenvalue weighted by Crippen LogP contribution is 2.04. The molecule has 1 aromatic rings. The van der Waals surface area contributed by atoms with E-state index in [-0.39, 0.29) is 12.5 Å². The number of amides is 1. The molecule has 2 N–H and O–H groups in total. The van der Waals surface area contributed by atoms with Gasteiger partial charge in [-0.25, -0.2) is 0 Å². The molecule has 88 valence electrons. The third kappa shape index (κ3) is 4.12. The lowest BCUT2D eigenvalue weighted by molar-refractivity contribution is -0.137. The Labute approximate surface area is 93.3 Å². The number of nitrogens with zero attached hydrogens (tertiary/aromatic N) is 2. The summed E-state index contributed by atoms with van der Waals surface area (Å²) < 4.78 is 1.26. The molecular formula is C10H15N3O3. The van der Waals surface area contributed by atoms with Gasteiger partial charge in [-0.05, 0) is 6.42 Å². The van der Waals surface area contributed by atoms with Gasteiger partial charge in [0.25, 0.3) is 0 Å². The minimum atomic E-state index is -0.966. The summed E-state index contributed by atoms with van der Waals surface area (Å²) in [6.45, 7) is 1.81. The van der Waals surface area contributed by atoms with Crippen LogP contribution in [0.3, 0.4) is 0 Å². The summed E-state index contributed by atoms with van der Waals surface area (Å²) in [6, 6.07) is 1.58. The highest BCUT2D eigenvalue weighted by Gasteiger charge is 2.05. The summed E-state index contributed by atoms with van der Waals surface area (Å²) in [5, 5.41) is 15.0. The quantitative estimate of drug-likeness (QED) is 0.759. The van der Waals surface area contributed by atoms with Crippen LogP contribution in [-0.2, 0) is 16.1 Å². The van der Waals surface area contributed by atoms with Crippen molar-refractivity contribution in [1.29, 1.82) is 0 Å². The number of aliphatic carboxylic acids is 1. The molecule has 1 heterocycles. The van der Waals surface area contributed by atoms with E-state index in [4.69, 9.17) is 5.11 Å². The molecule has 0 atom stereocenters. The van der Waals surface area contributed by atoms with Crippen LogP contribution in [0, 0.1) is 0 Å². The lowest BCUT2D eigenvalue weighted by Gasteiger charge is -2.00. The van der Waals surface area contributed by atoms with Gasteiger partial charge in [0.2, 0.25) is 5.91 Å². The van der Waals surface area contributed by atoms with Gasteiger partial charge in [0.15, 0.2) is 5.82 Å². The van der Waals surface area contributed by atoms with Gasteiger partial charge in [-0.3, -0.25) is 14.3 Å². The molecule has 0 saturated carbocycles. The van der Waals surface area contributed by atoms with Crippen molar-refractivity contribution in [3.63, 3.8) is 0 Å². The summed E-state index contributed by atoms with van der Waals surface area (Å²) in [7, 11) is 0. The molecule has 1 amide bonds. The smallest absolute Gasteiger partial charge is 0.325 e. The van der Waals surface area contributed by atoms with Crippen LogP contribution < -0.4 is 5.32 Å². The summed E-state index contributed by atoms with van der Waals surface area (Å²) in [5.74, 6) is -0.670. The van der Waals surface area contributed by atoms with Crippen LogP contribution in [0.4, 0.5) is 5.82 Å². The molecule has 0 saturated heterocycles. The number of carbonyl (C=O) groups is 2. The predicted octanol–water partition coefficient (Wildman–Crippen LogP) is 1.10. The second-order valence-corrected chi connectivity index (χ2v) is 3.44. The number of carboxylic acids is 1. The predicted molar refractivity (Wildman–Crippen MR) is 58.0 cm³/mol. The zero-order valence-electron chi connectivity index (χ0n) is 9.14. The molecule has 0 aliphatic carbocycles. The Hall–Kier alpha value is -1.85. The van der Waals surface area contributed by atoms with Crippen molar-refractivity contribution in [2.45, 2.75) is 32.7 Å². The Morgan fingerprint density at radius 1 is 1.56 bits per heavy atom. The second-order valence-electron chi connectivity index (χ2n) is 3.44. The average Bonchev–Trinajstić information content (AvgIpc) is 2.61. The number of carbonyl (C=O) groups excluding carboxylic acids is 1. The van der Waals surface area contributed by atoms with E-state index < -0.39 is 5.97 Å². The van der Waals surface area contributed by atoms with Gasteiger partial charge in [0.05, 0.1) is 0 Å². The molecule has 0 aliphatic heterocycles. The zero-order valence-corrected chi connectivity index (χ0v) is 9.14. The van der Waals surface area contributed by atoms with E-state index in [1.54, 1.807) is 6.07 Å². The maximum absolute atomic E-state index is 11.3. The van der Waals surface area contributed by atoms with Crippen LogP contribution in [0.5, 0.6) is 0 Å². The highest BCUT2D eigenvalue weighted by molar-refractivity contribution is 5.89. The largest absolute Gasteiger partial charge is 0.480 e. The van der Waals surface area contributed by atoms with Gasteiger partial charge in [-0.15, -0.1) is 0 Å². The second kappa shape index (κ2) is 5.89. The van der Waals surface area contributed by atoms with Gasteiger partial charge < -0.3 is 10.4 Å². The van der Waals surface area contributed by atoms with E-state index in [0.29, 0.717) is 12.2 Å². The number of anilines is 1. The van der Waals surface area contributed by atoms with Gasteiger partial charge in [-0.2, -0.15) is 5.10 Å². The van der Waals surface area contributed by atoms with Crippen LogP contribution in [0.15, 0.2) is 12.3 Å². The minimum absolute atomic E-state index is 0.0950. The first kappa shape index (κ1) is 12.2. The average molecular weight is 225 g/mol. The number of nitrogens with one attached hydrogen (secondary N) is 1. The topological polar surface area (TPSA) is 84.2 Å². The van der Waals surface area contributed by atoms with Crippen molar-refractivity contribution in [1.82, 2.24) is 9.78 Å². The maximum atomic E-state index is 11.3. The van der Waals surface area contributed by atoms with Crippen molar-refractivity contribution in [2.75, 3.05) is 5.32 Å². The molecule has 0 radical (unpaired) electrons. The number of carboxylic acid groups (broad SMARTS) is 1. The molecule has 1 rings (SSSR count). The number of unbranched alkanes of at least 4 members (excludes halogenated alkanes) is 1. The van der Waals surface area contributed by atoms with E-state index in [0.717, 1.165) is 12.8 Å². The number of aromatic nitrogens is 2.